The van der Waals surface area contributed by atoms with Crippen LogP contribution >= 0.6 is 132 Å². The average molecular weight is 2090 g/mol. The van der Waals surface area contributed by atoms with Gasteiger partial charge in [0.15, 0.2) is 0 Å². The summed E-state index contributed by atoms with van der Waals surface area (Å²) >= 11 is 22.9. The standard InChI is InChI=1S/C31H33N3S.C17H18BrNS.C15H24SSi.C14H15BrN2.C10H15BrS.C5H3BrIN.4CO2/c1-4-7-8-9-10-26-15-18-35-31(26)12-11-25-14-17-33-28(22-25)30-21-24(6-3)20-29(34-30)27-19-23(5-2)13-16-32-27;1-2-3-4-5-6-15-10-12-20-16(15)8-7-14-9-11-19-17(18)13-14;1-5-6-7-8-9-14-10-12-16-15(14)11-13-17(2,3)4;1-3-10-5-6-16-12(7-10)13-8-11(4-2)9-14(15)17-13;1-2-3-4-5-6-9-7-8-12-10(9)11;6-5-3-4(7)1-2-8-5;4*2-1-3/h13-22H,4-10H2,1-3H3;9-13H,2-6H2,1H3;10,12H,5-9H2,1-4H3;5-9H,3-4H2,1-2H3;7-8H,2-6H2,1H3;1-3H;;;;. The summed E-state index contributed by atoms with van der Waals surface area (Å²) in [5.41, 5.74) is 21.5. The Bertz CT molecular complexity index is 5060. The van der Waals surface area contributed by atoms with Crippen molar-refractivity contribution in [1.82, 2.24) is 34.9 Å². The van der Waals surface area contributed by atoms with E-state index in [0.29, 0.717) is 0 Å². The molecule has 11 aromatic rings. The Balaban J connectivity index is 0.000000502. The maximum Gasteiger partial charge on any atom is 0.373 e. The first kappa shape index (κ1) is 109. The van der Waals surface area contributed by atoms with Crippen LogP contribution in [0.3, 0.4) is 0 Å². The van der Waals surface area contributed by atoms with Crippen LogP contribution in [0.15, 0.2) is 179 Å². The largest absolute Gasteiger partial charge is 0.373 e. The van der Waals surface area contributed by atoms with E-state index >= 15 is 0 Å². The fourth-order valence-electron chi connectivity index (χ4n) is 11.0. The summed E-state index contributed by atoms with van der Waals surface area (Å²) in [4.78, 5) is 99.8. The summed E-state index contributed by atoms with van der Waals surface area (Å²) in [7, 11) is -1.23. The lowest BCUT2D eigenvalue weighted by Gasteiger charge is -2.09. The Labute approximate surface area is 781 Å². The zero-order valence-electron chi connectivity index (χ0n) is 71.0. The molecule has 11 heterocycles. The van der Waals surface area contributed by atoms with Crippen LogP contribution < -0.4 is 0 Å². The molecule has 11 aromatic heterocycles. The lowest BCUT2D eigenvalue weighted by molar-refractivity contribution is -0.193. The molecular weight excluding hydrogens is 1980 g/mol. The SMILES string of the molecule is Brc1cc(I)ccn1.CCCCCCc1ccsc1Br.CCCCCCc1ccsc1C#C[Si](C)(C)C.CCCCCCc1ccsc1C#Cc1ccnc(-c2cc(CC)cc(-c3cc(CC)ccn3)n2)c1.CCCCCCc1ccsc1C#Cc1ccnc(Br)c1.CCc1ccnc(-c2cc(CC)cc(Br)n2)c1.O=C=O.O=C=O.O=C=O.O=C=O. The van der Waals surface area contributed by atoms with Gasteiger partial charge in [-0.05, 0) is 339 Å². The maximum atomic E-state index is 8.12. The van der Waals surface area contributed by atoms with E-state index in [-0.39, 0.29) is 24.6 Å². The van der Waals surface area contributed by atoms with Crippen LogP contribution in [0.1, 0.15) is 228 Å². The molecule has 0 N–H and O–H groups in total. The first-order chi connectivity index (χ1) is 58.5. The van der Waals surface area contributed by atoms with Crippen molar-refractivity contribution < 1.29 is 38.4 Å². The van der Waals surface area contributed by atoms with E-state index in [9.17, 15) is 0 Å². The normalized spacial score (nSPS) is 9.72. The fraction of sp³-hybridized carbons (Fsp3) is 0.365. The van der Waals surface area contributed by atoms with Gasteiger partial charge in [-0.1, -0.05) is 182 Å². The molecule has 0 bridgehead atoms. The van der Waals surface area contributed by atoms with E-state index in [2.05, 4.69) is 309 Å². The van der Waals surface area contributed by atoms with Crippen LogP contribution in [0.4, 0.5) is 0 Å². The van der Waals surface area contributed by atoms with Gasteiger partial charge in [0.25, 0.3) is 0 Å². The molecule has 0 saturated heterocycles. The zero-order valence-corrected chi connectivity index (χ0v) is 83.7. The van der Waals surface area contributed by atoms with Crippen LogP contribution in [0, 0.1) is 38.7 Å². The van der Waals surface area contributed by atoms with E-state index in [1.54, 1.807) is 57.7 Å². The number of hydrogen-bond donors (Lipinski definition) is 0. The van der Waals surface area contributed by atoms with Crippen LogP contribution in [0.2, 0.25) is 19.6 Å². The van der Waals surface area contributed by atoms with Gasteiger partial charge in [-0.2, -0.15) is 38.4 Å². The van der Waals surface area contributed by atoms with Gasteiger partial charge < -0.3 is 0 Å². The van der Waals surface area contributed by atoms with Crippen LogP contribution in [0.5, 0.6) is 0 Å². The lowest BCUT2D eigenvalue weighted by Crippen LogP contribution is -2.16. The van der Waals surface area contributed by atoms with Crippen molar-refractivity contribution in [3.63, 3.8) is 0 Å². The minimum atomic E-state index is -1.23. The van der Waals surface area contributed by atoms with Crippen molar-refractivity contribution in [2.45, 2.75) is 229 Å². The maximum absolute atomic E-state index is 8.12. The van der Waals surface area contributed by atoms with Gasteiger partial charge in [0.05, 0.1) is 52.6 Å². The van der Waals surface area contributed by atoms with E-state index in [1.165, 1.54) is 182 Å². The number of hydrogen-bond acceptors (Lipinski definition) is 19. The summed E-state index contributed by atoms with van der Waals surface area (Å²) < 4.78 is 5.11. The molecule has 0 aliphatic carbocycles. The van der Waals surface area contributed by atoms with Crippen LogP contribution in [-0.2, 0) is 89.7 Å². The molecule has 11 rings (SSSR count). The first-order valence-corrected chi connectivity index (χ1v) is 51.7. The van der Waals surface area contributed by atoms with Gasteiger partial charge in [-0.15, -0.1) is 50.9 Å². The lowest BCUT2D eigenvalue weighted by atomic mass is 10.1. The topological polar surface area (TPSA) is 227 Å². The highest BCUT2D eigenvalue weighted by Gasteiger charge is 2.13. The number of thiophene rings is 4. The molecule has 0 aliphatic rings. The highest BCUT2D eigenvalue weighted by molar-refractivity contribution is 14.1. The molecule has 0 unspecified atom stereocenters. The molecule has 0 saturated carbocycles. The smallest absolute Gasteiger partial charge is 0.255 e. The number of aryl methyl sites for hydroxylation is 8. The molecule has 0 amide bonds. The fourth-order valence-corrected chi connectivity index (χ4v) is 17.4. The minimum absolute atomic E-state index is 0.250. The number of halogens is 5. The van der Waals surface area contributed by atoms with E-state index in [0.717, 1.165) is 97.6 Å². The molecule has 0 atom stereocenters. The summed E-state index contributed by atoms with van der Waals surface area (Å²) in [6.07, 6.45) is 39.7. The summed E-state index contributed by atoms with van der Waals surface area (Å²) in [5.74, 6) is 16.7. The molecule has 15 nitrogen and oxygen atoms in total. The number of unbranched alkanes of at least 4 members (excludes halogenated alkanes) is 12. The van der Waals surface area contributed by atoms with Crippen molar-refractivity contribution in [3.8, 4) is 69.3 Å². The predicted octanol–water partition coefficient (Wildman–Crippen LogP) is 27.2. The number of rotatable bonds is 27. The molecule has 0 aliphatic heterocycles. The molecule has 0 fully saturated rings. The number of nitrogens with zero attached hydrogens (tertiary/aromatic N) is 7. The highest BCUT2D eigenvalue weighted by Crippen LogP contribution is 2.29. The van der Waals surface area contributed by atoms with E-state index < -0.39 is 8.07 Å². The van der Waals surface area contributed by atoms with Gasteiger partial charge in [0.1, 0.15) is 21.9 Å². The van der Waals surface area contributed by atoms with Gasteiger partial charge in [0, 0.05) is 45.7 Å². The van der Waals surface area contributed by atoms with Crippen molar-refractivity contribution in [2.24, 2.45) is 0 Å². The van der Waals surface area contributed by atoms with Gasteiger partial charge in [0.2, 0.25) is 0 Å². The van der Waals surface area contributed by atoms with Crippen molar-refractivity contribution >= 4 is 164 Å². The Morgan fingerprint density at radius 1 is 0.322 bits per heavy atom. The van der Waals surface area contributed by atoms with Crippen molar-refractivity contribution in [1.29, 1.82) is 0 Å². The van der Waals surface area contributed by atoms with E-state index in [4.69, 9.17) is 43.3 Å². The van der Waals surface area contributed by atoms with Gasteiger partial charge >= 0.3 is 24.6 Å². The monoisotopic (exact) mass is 2090 g/mol. The quantitative estimate of drug-likeness (QED) is 0.0153. The Hall–Kier alpha value is -8.08. The Morgan fingerprint density at radius 3 is 1.02 bits per heavy atom. The number of pyridine rings is 7. The summed E-state index contributed by atoms with van der Waals surface area (Å²) in [6.45, 7) is 24.5. The molecule has 0 radical (unpaired) electrons. The minimum Gasteiger partial charge on any atom is -0.255 e. The number of aromatic nitrogens is 7. The summed E-state index contributed by atoms with van der Waals surface area (Å²) in [5, 5.41) is 8.63. The third-order valence-electron chi connectivity index (χ3n) is 17.3. The van der Waals surface area contributed by atoms with E-state index in [1.807, 2.05) is 67.1 Å². The van der Waals surface area contributed by atoms with Gasteiger partial charge in [-0.3, -0.25) is 15.0 Å². The highest BCUT2D eigenvalue weighted by atomic mass is 127. The second-order valence-electron chi connectivity index (χ2n) is 27.7. The first-order valence-electron chi connectivity index (χ1n) is 40.4. The average Bonchev–Trinajstić information content (AvgIpc) is 1.81. The van der Waals surface area contributed by atoms with Crippen molar-refractivity contribution in [2.75, 3.05) is 0 Å². The Kier molecular flexibility index (Phi) is 61.6. The molecule has 638 valence electrons. The molecular formula is C96H108Br4IN7O8S4Si. The Morgan fingerprint density at radius 2 is 0.653 bits per heavy atom. The van der Waals surface area contributed by atoms with Crippen molar-refractivity contribution in [3.05, 3.63) is 253 Å². The number of carbonyl (C=O) groups excluding carboxylic acids is 8. The molecule has 121 heavy (non-hydrogen) atoms. The zero-order chi connectivity index (χ0) is 89.3. The van der Waals surface area contributed by atoms with Gasteiger partial charge in [-0.25, -0.2) is 19.9 Å². The third kappa shape index (κ3) is 49.1. The third-order valence-corrected chi connectivity index (χ3v) is 24.6. The molecule has 25 heteroatoms. The predicted molar refractivity (Wildman–Crippen MR) is 519 cm³/mol. The van der Waals surface area contributed by atoms with Crippen LogP contribution in [0.25, 0.3) is 34.2 Å². The molecule has 0 spiro atoms. The second kappa shape index (κ2) is 68.4. The summed E-state index contributed by atoms with van der Waals surface area (Å²) in [6, 6.07) is 37.5. The van der Waals surface area contributed by atoms with Crippen LogP contribution in [-0.4, -0.2) is 67.6 Å². The second-order valence-corrected chi connectivity index (χ2v) is 41.1. The molecule has 0 aromatic carbocycles.